The van der Waals surface area contributed by atoms with Crippen LogP contribution in [0.5, 0.6) is 0 Å². The first-order valence-electron chi connectivity index (χ1n) is 5.81. The summed E-state index contributed by atoms with van der Waals surface area (Å²) < 4.78 is 13.5. The van der Waals surface area contributed by atoms with E-state index in [9.17, 15) is 9.18 Å². The summed E-state index contributed by atoms with van der Waals surface area (Å²) >= 11 is 0. The Balaban J connectivity index is 3.04. The zero-order valence-corrected chi connectivity index (χ0v) is 10.3. The molecule has 0 unspecified atom stereocenters. The Morgan fingerprint density at radius 1 is 1.50 bits per heavy atom. The summed E-state index contributed by atoms with van der Waals surface area (Å²) in [6.07, 6.45) is 0.756. The Hall–Kier alpha value is -1.66. The zero-order chi connectivity index (χ0) is 13.5. The molecule has 5 nitrogen and oxygen atoms in total. The normalized spacial score (nSPS) is 10.2. The molecule has 0 bridgehead atoms. The second kappa shape index (κ2) is 6.93. The highest BCUT2D eigenvalue weighted by Crippen LogP contribution is 2.20. The molecule has 100 valence electrons. The van der Waals surface area contributed by atoms with E-state index in [0.717, 1.165) is 6.42 Å². The average Bonchev–Trinajstić information content (AvgIpc) is 2.37. The summed E-state index contributed by atoms with van der Waals surface area (Å²) in [5.74, 6) is 4.30. The van der Waals surface area contributed by atoms with E-state index in [1.807, 2.05) is 6.92 Å². The zero-order valence-electron chi connectivity index (χ0n) is 10.3. The van der Waals surface area contributed by atoms with Gasteiger partial charge in [0.2, 0.25) is 0 Å². The molecular weight excluding hydrogens is 237 g/mol. The Labute approximate surface area is 105 Å². The van der Waals surface area contributed by atoms with Crippen LogP contribution >= 0.6 is 0 Å². The molecule has 0 radical (unpaired) electrons. The second-order valence-corrected chi connectivity index (χ2v) is 3.82. The topological polar surface area (TPSA) is 78.6 Å². The SMILES string of the molecule is CCCN(CCO)C(=O)c1cccc(F)c1NN. The van der Waals surface area contributed by atoms with Gasteiger partial charge in [-0.1, -0.05) is 13.0 Å². The molecule has 0 aliphatic rings. The molecule has 18 heavy (non-hydrogen) atoms. The molecule has 0 heterocycles. The Morgan fingerprint density at radius 3 is 2.78 bits per heavy atom. The molecule has 1 rings (SSSR count). The van der Waals surface area contributed by atoms with Gasteiger partial charge in [0.05, 0.1) is 17.9 Å². The van der Waals surface area contributed by atoms with Crippen LogP contribution < -0.4 is 11.3 Å². The number of nitrogens with two attached hydrogens (primary N) is 1. The Bertz CT molecular complexity index is 406. The molecule has 1 aromatic rings. The number of para-hydroxylation sites is 1. The van der Waals surface area contributed by atoms with E-state index in [2.05, 4.69) is 5.43 Å². The van der Waals surface area contributed by atoms with E-state index in [0.29, 0.717) is 6.54 Å². The molecule has 0 spiro atoms. The van der Waals surface area contributed by atoms with Crippen molar-refractivity contribution in [3.63, 3.8) is 0 Å². The first kappa shape index (κ1) is 14.4. The summed E-state index contributed by atoms with van der Waals surface area (Å²) in [5.41, 5.74) is 2.34. The van der Waals surface area contributed by atoms with E-state index in [1.54, 1.807) is 0 Å². The quantitative estimate of drug-likeness (QED) is 0.522. The molecular formula is C12H18FN3O2. The highest BCUT2D eigenvalue weighted by Gasteiger charge is 2.19. The van der Waals surface area contributed by atoms with Crippen LogP contribution in [-0.4, -0.2) is 35.6 Å². The number of aliphatic hydroxyl groups is 1. The largest absolute Gasteiger partial charge is 0.395 e. The molecule has 0 aliphatic heterocycles. The van der Waals surface area contributed by atoms with Crippen LogP contribution in [0.4, 0.5) is 10.1 Å². The van der Waals surface area contributed by atoms with Gasteiger partial charge in [-0.3, -0.25) is 10.6 Å². The van der Waals surface area contributed by atoms with Crippen molar-refractivity contribution in [3.8, 4) is 0 Å². The molecule has 1 aromatic carbocycles. The number of carbonyl (C=O) groups is 1. The Kier molecular flexibility index (Phi) is 5.54. The predicted molar refractivity (Wildman–Crippen MR) is 67.5 cm³/mol. The molecule has 0 saturated heterocycles. The van der Waals surface area contributed by atoms with Gasteiger partial charge in [0, 0.05) is 13.1 Å². The van der Waals surface area contributed by atoms with Crippen molar-refractivity contribution in [2.24, 2.45) is 5.84 Å². The van der Waals surface area contributed by atoms with Gasteiger partial charge in [-0.25, -0.2) is 4.39 Å². The fourth-order valence-electron chi connectivity index (χ4n) is 1.72. The summed E-state index contributed by atoms with van der Waals surface area (Å²) in [6, 6.07) is 4.18. The number of anilines is 1. The van der Waals surface area contributed by atoms with Gasteiger partial charge >= 0.3 is 0 Å². The third kappa shape index (κ3) is 3.18. The first-order chi connectivity index (χ1) is 8.65. The van der Waals surface area contributed by atoms with E-state index in [1.165, 1.54) is 23.1 Å². The minimum absolute atomic E-state index is 0.0263. The van der Waals surface area contributed by atoms with Gasteiger partial charge in [0.1, 0.15) is 5.82 Å². The third-order valence-corrected chi connectivity index (χ3v) is 2.54. The lowest BCUT2D eigenvalue weighted by molar-refractivity contribution is 0.0722. The lowest BCUT2D eigenvalue weighted by atomic mass is 10.1. The maximum absolute atomic E-state index is 13.5. The number of nitrogens with zero attached hydrogens (tertiary/aromatic N) is 1. The van der Waals surface area contributed by atoms with Crippen LogP contribution in [-0.2, 0) is 0 Å². The van der Waals surface area contributed by atoms with Crippen LogP contribution in [0.2, 0.25) is 0 Å². The number of rotatable bonds is 6. The number of nitrogen functional groups attached to an aromatic ring is 1. The molecule has 0 fully saturated rings. The van der Waals surface area contributed by atoms with Gasteiger partial charge in [-0.2, -0.15) is 0 Å². The number of halogens is 1. The average molecular weight is 255 g/mol. The number of aliphatic hydroxyl groups excluding tert-OH is 1. The number of benzene rings is 1. The maximum atomic E-state index is 13.5. The van der Waals surface area contributed by atoms with E-state index in [4.69, 9.17) is 10.9 Å². The second-order valence-electron chi connectivity index (χ2n) is 3.82. The monoisotopic (exact) mass is 255 g/mol. The maximum Gasteiger partial charge on any atom is 0.256 e. The fraction of sp³-hybridized carbons (Fsp3) is 0.417. The molecule has 1 amide bonds. The smallest absolute Gasteiger partial charge is 0.256 e. The number of carbonyl (C=O) groups excluding carboxylic acids is 1. The predicted octanol–water partition coefficient (Wildman–Crippen LogP) is 0.956. The van der Waals surface area contributed by atoms with Crippen molar-refractivity contribution in [1.82, 2.24) is 4.90 Å². The van der Waals surface area contributed by atoms with Gasteiger partial charge in [0.15, 0.2) is 0 Å². The van der Waals surface area contributed by atoms with Crippen LogP contribution in [0.15, 0.2) is 18.2 Å². The van der Waals surface area contributed by atoms with Crippen molar-refractivity contribution >= 4 is 11.6 Å². The van der Waals surface area contributed by atoms with Gasteiger partial charge in [-0.15, -0.1) is 0 Å². The van der Waals surface area contributed by atoms with Crippen LogP contribution in [0.3, 0.4) is 0 Å². The van der Waals surface area contributed by atoms with Crippen LogP contribution in [0.25, 0.3) is 0 Å². The highest BCUT2D eigenvalue weighted by atomic mass is 19.1. The third-order valence-electron chi connectivity index (χ3n) is 2.54. The minimum Gasteiger partial charge on any atom is -0.395 e. The van der Waals surface area contributed by atoms with Crippen molar-refractivity contribution in [2.75, 3.05) is 25.1 Å². The molecule has 0 aliphatic carbocycles. The number of hydrogen-bond donors (Lipinski definition) is 3. The van der Waals surface area contributed by atoms with Crippen molar-refractivity contribution in [1.29, 1.82) is 0 Å². The van der Waals surface area contributed by atoms with Gasteiger partial charge in [-0.05, 0) is 18.6 Å². The van der Waals surface area contributed by atoms with Crippen LogP contribution in [0, 0.1) is 5.82 Å². The number of hydrazine groups is 1. The van der Waals surface area contributed by atoms with Crippen molar-refractivity contribution in [2.45, 2.75) is 13.3 Å². The van der Waals surface area contributed by atoms with Crippen LogP contribution in [0.1, 0.15) is 23.7 Å². The number of hydrogen-bond acceptors (Lipinski definition) is 4. The van der Waals surface area contributed by atoms with E-state index < -0.39 is 5.82 Å². The molecule has 4 N–H and O–H groups in total. The van der Waals surface area contributed by atoms with Gasteiger partial charge < -0.3 is 15.4 Å². The number of amides is 1. The molecule has 0 atom stereocenters. The molecule has 6 heteroatoms. The summed E-state index contributed by atoms with van der Waals surface area (Å²) in [5, 5.41) is 8.93. The fourth-order valence-corrected chi connectivity index (χ4v) is 1.72. The van der Waals surface area contributed by atoms with E-state index >= 15 is 0 Å². The van der Waals surface area contributed by atoms with E-state index in [-0.39, 0.29) is 30.3 Å². The summed E-state index contributed by atoms with van der Waals surface area (Å²) in [7, 11) is 0. The molecule has 0 aromatic heterocycles. The standard InChI is InChI=1S/C12H18FN3O2/c1-2-6-16(7-8-17)12(18)9-4-3-5-10(13)11(9)15-14/h3-5,15,17H,2,6-8,14H2,1H3. The lowest BCUT2D eigenvalue weighted by Gasteiger charge is -2.22. The first-order valence-corrected chi connectivity index (χ1v) is 5.81. The summed E-state index contributed by atoms with van der Waals surface area (Å²) in [4.78, 5) is 13.7. The number of nitrogens with one attached hydrogen (secondary N) is 1. The van der Waals surface area contributed by atoms with Gasteiger partial charge in [0.25, 0.3) is 5.91 Å². The van der Waals surface area contributed by atoms with Crippen molar-refractivity contribution in [3.05, 3.63) is 29.6 Å². The summed E-state index contributed by atoms with van der Waals surface area (Å²) in [6.45, 7) is 2.50. The lowest BCUT2D eigenvalue weighted by Crippen LogP contribution is -2.35. The highest BCUT2D eigenvalue weighted by molar-refractivity contribution is 5.99. The minimum atomic E-state index is -0.580. The van der Waals surface area contributed by atoms with Crippen molar-refractivity contribution < 1.29 is 14.3 Å². The molecule has 0 saturated carbocycles. The Morgan fingerprint density at radius 2 is 2.22 bits per heavy atom.